The van der Waals surface area contributed by atoms with Crippen LogP contribution in [0.15, 0.2) is 48.6 Å². The smallest absolute Gasteiger partial charge is 0.288 e. The molecule has 0 bridgehead atoms. The number of rotatable bonds is 9. The maximum Gasteiger partial charge on any atom is 0.288 e. The van der Waals surface area contributed by atoms with E-state index in [1.807, 2.05) is 11.8 Å². The van der Waals surface area contributed by atoms with Gasteiger partial charge < -0.3 is 24.8 Å². The van der Waals surface area contributed by atoms with Crippen LogP contribution in [0.25, 0.3) is 10.9 Å². The minimum Gasteiger partial charge on any atom is -0.491 e. The van der Waals surface area contributed by atoms with Crippen LogP contribution < -0.4 is 15.4 Å². The Kier molecular flexibility index (Phi) is 8.15. The number of fused-ring (bicyclic) bond motifs is 2. The number of ether oxygens (including phenoxy) is 4. The summed E-state index contributed by atoms with van der Waals surface area (Å²) in [6, 6.07) is 7.45. The lowest BCUT2D eigenvalue weighted by molar-refractivity contribution is -0.120. The van der Waals surface area contributed by atoms with Gasteiger partial charge in [-0.2, -0.15) is 4.74 Å². The average Bonchev–Trinajstić information content (AvgIpc) is 3.39. The Hall–Kier alpha value is -3.55. The topological polar surface area (TPSA) is 107 Å². The van der Waals surface area contributed by atoms with Crippen molar-refractivity contribution in [1.82, 2.24) is 14.9 Å². The van der Waals surface area contributed by atoms with Crippen LogP contribution in [0.1, 0.15) is 6.92 Å². The molecule has 2 N–H and O–H groups in total. The minimum atomic E-state index is -0.939. The number of hydrogen-bond donors (Lipinski definition) is 2. The summed E-state index contributed by atoms with van der Waals surface area (Å²) in [5.41, 5.74) is 1.06. The Morgan fingerprint density at radius 1 is 1.29 bits per heavy atom. The molecule has 2 aromatic carbocycles. The third kappa shape index (κ3) is 6.27. The number of aromatic nitrogens is 2. The maximum atomic E-state index is 15.0. The van der Waals surface area contributed by atoms with Gasteiger partial charge in [0.2, 0.25) is 6.10 Å². The number of likely N-dealkylation sites (tertiary alicyclic amines) is 1. The molecular weight excluding hydrogens is 572 g/mol. The van der Waals surface area contributed by atoms with Crippen LogP contribution in [-0.4, -0.2) is 79.5 Å². The summed E-state index contributed by atoms with van der Waals surface area (Å²) in [4.78, 5) is 23.6. The summed E-state index contributed by atoms with van der Waals surface area (Å²) in [7, 11) is 0. The number of halogens is 3. The first kappa shape index (κ1) is 28.6. The van der Waals surface area contributed by atoms with Crippen molar-refractivity contribution < 1.29 is 32.5 Å². The zero-order chi connectivity index (χ0) is 29.3. The number of hydrogen-bond acceptors (Lipinski definition) is 9. The van der Waals surface area contributed by atoms with Gasteiger partial charge in [0.1, 0.15) is 30.3 Å². The Balaban J connectivity index is 1.24. The van der Waals surface area contributed by atoms with Crippen LogP contribution in [0, 0.1) is 17.3 Å². The zero-order valence-corrected chi connectivity index (χ0v) is 23.5. The molecular formula is C29H29ClF2N5O5+. The van der Waals surface area contributed by atoms with Crippen LogP contribution in [0.3, 0.4) is 0 Å². The molecule has 0 radical (unpaired) electrons. The summed E-state index contributed by atoms with van der Waals surface area (Å²) in [5, 5.41) is 6.20. The molecule has 13 heteroatoms. The first-order chi connectivity index (χ1) is 20.3. The van der Waals surface area contributed by atoms with E-state index < -0.39 is 17.6 Å². The van der Waals surface area contributed by atoms with Gasteiger partial charge in [-0.3, -0.25) is 9.69 Å². The van der Waals surface area contributed by atoms with Gasteiger partial charge in [0.25, 0.3) is 12.0 Å². The fraction of sp³-hybridized carbons (Fsp3) is 0.379. The highest BCUT2D eigenvalue weighted by Gasteiger charge is 2.48. The Bertz CT molecular complexity index is 1510. The number of nitrogens with zero attached hydrogens (tertiary/aromatic N) is 3. The fourth-order valence-electron chi connectivity index (χ4n) is 4.89. The summed E-state index contributed by atoms with van der Waals surface area (Å²) in [6.45, 7) is 5.78. The van der Waals surface area contributed by atoms with Crippen molar-refractivity contribution in [3.63, 3.8) is 0 Å². The fourth-order valence-corrected chi connectivity index (χ4v) is 5.07. The zero-order valence-electron chi connectivity index (χ0n) is 22.8. The number of benzene rings is 2. The molecule has 3 aromatic rings. The van der Waals surface area contributed by atoms with Gasteiger partial charge in [-0.1, -0.05) is 18.5 Å². The lowest BCUT2D eigenvalue weighted by Gasteiger charge is -2.37. The standard InChI is InChI=1S/C29H28ClF2N5O5/c1-29(13-39-14-29)15-42-24-10-22-18(27(34-16-33-22)35-17-2-3-20(31)19(30)8-17)9-23(24)36-28(38)21(32)4-5-37-11-25-26(12-37)41-7-6-40-25/h2-4,8-10,16,25H,5-7,11-15H2,1H3,(H-,33,34,35,36,38)/p+1/b21-4-/t25-/m0/s1. The van der Waals surface area contributed by atoms with E-state index in [4.69, 9.17) is 30.5 Å². The van der Waals surface area contributed by atoms with E-state index in [2.05, 4.69) is 20.6 Å². The van der Waals surface area contributed by atoms with E-state index in [9.17, 15) is 9.18 Å². The Morgan fingerprint density at radius 2 is 2.14 bits per heavy atom. The number of amides is 1. The van der Waals surface area contributed by atoms with Gasteiger partial charge in [0.15, 0.2) is 12.4 Å². The first-order valence-corrected chi connectivity index (χ1v) is 13.8. The number of anilines is 3. The molecule has 1 amide bonds. The second kappa shape index (κ2) is 12.0. The predicted octanol–water partition coefficient (Wildman–Crippen LogP) is 4.64. The second-order valence-electron chi connectivity index (χ2n) is 10.8. The molecule has 3 aliphatic rings. The third-order valence-corrected chi connectivity index (χ3v) is 7.53. The maximum absolute atomic E-state index is 15.0. The van der Waals surface area contributed by atoms with Crippen molar-refractivity contribution in [3.05, 3.63) is 65.5 Å². The van der Waals surface area contributed by atoms with Gasteiger partial charge in [0, 0.05) is 29.1 Å². The van der Waals surface area contributed by atoms with E-state index in [1.54, 1.807) is 12.1 Å². The molecule has 0 spiro atoms. The van der Waals surface area contributed by atoms with E-state index in [-0.39, 0.29) is 28.8 Å². The largest absolute Gasteiger partial charge is 0.491 e. The van der Waals surface area contributed by atoms with Crippen molar-refractivity contribution in [2.75, 3.05) is 63.3 Å². The van der Waals surface area contributed by atoms with Crippen molar-refractivity contribution in [2.24, 2.45) is 5.41 Å². The Morgan fingerprint density at radius 3 is 2.90 bits per heavy atom. The first-order valence-electron chi connectivity index (χ1n) is 13.5. The molecule has 4 heterocycles. The number of carbonyl (C=O) groups is 1. The van der Waals surface area contributed by atoms with Gasteiger partial charge in [-0.25, -0.2) is 18.7 Å². The minimum absolute atomic E-state index is 0.0518. The van der Waals surface area contributed by atoms with Gasteiger partial charge in [0.05, 0.1) is 49.2 Å². The molecule has 3 fully saturated rings. The van der Waals surface area contributed by atoms with E-state index >= 15 is 4.39 Å². The average molecular weight is 601 g/mol. The molecule has 0 unspecified atom stereocenters. The summed E-state index contributed by atoms with van der Waals surface area (Å²) >= 11 is 5.94. The van der Waals surface area contributed by atoms with Crippen molar-refractivity contribution >= 4 is 45.6 Å². The molecule has 1 atom stereocenters. The SMILES string of the molecule is CC1(COc2cc3ncnc(Nc4ccc(F)c(Cl)c4)c3cc2NC(=O)/C(F)=C/CN2C[C+]3OCCO[C@H]3C2)COC1. The van der Waals surface area contributed by atoms with E-state index in [1.165, 1.54) is 30.6 Å². The molecule has 1 aromatic heterocycles. The van der Waals surface area contributed by atoms with Crippen molar-refractivity contribution in [2.45, 2.75) is 13.0 Å². The predicted molar refractivity (Wildman–Crippen MR) is 152 cm³/mol. The van der Waals surface area contributed by atoms with Crippen LogP contribution in [0.5, 0.6) is 5.75 Å². The highest BCUT2D eigenvalue weighted by atomic mass is 35.5. The van der Waals surface area contributed by atoms with Crippen LogP contribution in [-0.2, 0) is 19.0 Å². The molecule has 3 saturated heterocycles. The van der Waals surface area contributed by atoms with Crippen molar-refractivity contribution in [1.29, 1.82) is 0 Å². The van der Waals surface area contributed by atoms with Crippen molar-refractivity contribution in [3.8, 4) is 5.75 Å². The molecule has 42 heavy (non-hydrogen) atoms. The molecule has 10 nitrogen and oxygen atoms in total. The number of carbonyl (C=O) groups excluding carboxylic acids is 1. The highest BCUT2D eigenvalue weighted by molar-refractivity contribution is 6.31. The summed E-state index contributed by atoms with van der Waals surface area (Å²) in [5.74, 6) is -1.72. The molecule has 6 rings (SSSR count). The van der Waals surface area contributed by atoms with Crippen LogP contribution in [0.2, 0.25) is 5.02 Å². The van der Waals surface area contributed by atoms with Crippen LogP contribution >= 0.6 is 11.6 Å². The lowest BCUT2D eigenvalue weighted by Crippen LogP contribution is -2.44. The van der Waals surface area contributed by atoms with E-state index in [0.29, 0.717) is 74.3 Å². The molecule has 0 saturated carbocycles. The van der Waals surface area contributed by atoms with Crippen LogP contribution in [0.4, 0.5) is 26.0 Å². The third-order valence-electron chi connectivity index (χ3n) is 7.24. The molecule has 0 aliphatic carbocycles. The quantitative estimate of drug-likeness (QED) is 0.268. The normalized spacial score (nSPS) is 20.2. The van der Waals surface area contributed by atoms with Gasteiger partial charge in [-0.15, -0.1) is 0 Å². The van der Waals surface area contributed by atoms with E-state index in [0.717, 1.165) is 6.10 Å². The van der Waals surface area contributed by atoms with Gasteiger partial charge in [-0.05, 0) is 30.3 Å². The summed E-state index contributed by atoms with van der Waals surface area (Å²) in [6.07, 6.45) is 3.30. The second-order valence-corrected chi connectivity index (χ2v) is 11.2. The monoisotopic (exact) mass is 600 g/mol. The summed E-state index contributed by atoms with van der Waals surface area (Å²) < 4.78 is 51.4. The molecule has 3 aliphatic heterocycles. The Labute approximate surface area is 245 Å². The molecule has 220 valence electrons. The number of nitrogens with one attached hydrogen (secondary N) is 2. The van der Waals surface area contributed by atoms with Gasteiger partial charge >= 0.3 is 0 Å². The highest BCUT2D eigenvalue weighted by Crippen LogP contribution is 2.36. The lowest BCUT2D eigenvalue weighted by atomic mass is 9.90.